The quantitative estimate of drug-likeness (QED) is 0.187. The van der Waals surface area contributed by atoms with Gasteiger partial charge in [-0.25, -0.2) is 19.7 Å². The predicted octanol–water partition coefficient (Wildman–Crippen LogP) is 6.60. The molecule has 0 aliphatic carbocycles. The smallest absolute Gasteiger partial charge is 0.410 e. The first-order valence-electron chi connectivity index (χ1n) is 16.6. The van der Waals surface area contributed by atoms with E-state index in [2.05, 4.69) is 54.0 Å². The van der Waals surface area contributed by atoms with E-state index in [0.717, 1.165) is 48.9 Å². The third-order valence-electron chi connectivity index (χ3n) is 8.38. The van der Waals surface area contributed by atoms with E-state index in [-0.39, 0.29) is 23.4 Å². The molecule has 262 valence electrons. The molecule has 1 aromatic carbocycles. The lowest BCUT2D eigenvalue weighted by molar-refractivity contribution is 0.0240. The Morgan fingerprint density at radius 2 is 1.66 bits per heavy atom. The molecule has 1 fully saturated rings. The lowest BCUT2D eigenvalue weighted by atomic mass is 9.96. The minimum atomic E-state index is -0.522. The van der Waals surface area contributed by atoms with Crippen LogP contribution in [0.1, 0.15) is 82.1 Å². The van der Waals surface area contributed by atoms with Gasteiger partial charge in [0.15, 0.2) is 5.82 Å². The highest BCUT2D eigenvalue weighted by atomic mass is 127. The highest BCUT2D eigenvalue weighted by Crippen LogP contribution is 2.30. The van der Waals surface area contributed by atoms with Crippen molar-refractivity contribution in [2.45, 2.75) is 72.4 Å². The van der Waals surface area contributed by atoms with Crippen LogP contribution in [0.5, 0.6) is 0 Å². The van der Waals surface area contributed by atoms with Crippen molar-refractivity contribution in [2.24, 2.45) is 0 Å². The molecule has 50 heavy (non-hydrogen) atoms. The molecule has 2 amide bonds. The number of pyridine rings is 1. The molecule has 1 atom stereocenters. The highest BCUT2D eigenvalue weighted by Gasteiger charge is 2.27. The van der Waals surface area contributed by atoms with Crippen LogP contribution in [0.3, 0.4) is 0 Å². The number of ether oxygens (including phenoxy) is 1. The Kier molecular flexibility index (Phi) is 9.59. The number of piperazine rings is 1. The fourth-order valence-corrected chi connectivity index (χ4v) is 6.36. The van der Waals surface area contributed by atoms with E-state index in [1.54, 1.807) is 4.90 Å². The van der Waals surface area contributed by atoms with Crippen molar-refractivity contribution in [2.75, 3.05) is 31.1 Å². The SMILES string of the molecule is Cc1cc(-c2nc(-c3ccc(N4CCN(C(=O)OC(C)(C)C)CC4)nc3)cc3ncc(I)n23)ccc1[C@@H](C)NC(=O)c1nc(C(C)(C)C)no1. The van der Waals surface area contributed by atoms with Gasteiger partial charge in [-0.15, -0.1) is 0 Å². The number of anilines is 1. The predicted molar refractivity (Wildman–Crippen MR) is 198 cm³/mol. The summed E-state index contributed by atoms with van der Waals surface area (Å²) in [5.74, 6) is 1.59. The maximum absolute atomic E-state index is 12.9. The van der Waals surface area contributed by atoms with Gasteiger partial charge in [-0.05, 0) is 86.5 Å². The zero-order valence-electron chi connectivity index (χ0n) is 29.6. The number of halogens is 1. The third kappa shape index (κ3) is 7.59. The van der Waals surface area contributed by atoms with Crippen LogP contribution in [0.15, 0.2) is 53.3 Å². The number of carbonyl (C=O) groups excluding carboxylic acids is 2. The third-order valence-corrected chi connectivity index (χ3v) is 9.14. The Labute approximate surface area is 305 Å². The maximum atomic E-state index is 12.9. The van der Waals surface area contributed by atoms with Crippen molar-refractivity contribution in [1.29, 1.82) is 0 Å². The van der Waals surface area contributed by atoms with E-state index in [9.17, 15) is 9.59 Å². The van der Waals surface area contributed by atoms with Gasteiger partial charge in [-0.1, -0.05) is 38.1 Å². The number of fused-ring (bicyclic) bond motifs is 1. The van der Waals surface area contributed by atoms with Crippen LogP contribution < -0.4 is 10.2 Å². The second-order valence-corrected chi connectivity index (χ2v) is 15.6. The van der Waals surface area contributed by atoms with Crippen molar-refractivity contribution in [3.05, 3.63) is 75.3 Å². The Bertz CT molecular complexity index is 2040. The molecule has 14 heteroatoms. The summed E-state index contributed by atoms with van der Waals surface area (Å²) < 4.78 is 13.7. The number of rotatable bonds is 6. The molecular weight excluding hydrogens is 749 g/mol. The highest BCUT2D eigenvalue weighted by molar-refractivity contribution is 14.1. The van der Waals surface area contributed by atoms with Crippen molar-refractivity contribution in [3.8, 4) is 22.6 Å². The fourth-order valence-electron chi connectivity index (χ4n) is 5.74. The average molecular weight is 792 g/mol. The van der Waals surface area contributed by atoms with Gasteiger partial charge in [0.1, 0.15) is 26.6 Å². The number of hydrogen-bond acceptors (Lipinski definition) is 10. The average Bonchev–Trinajstić information content (AvgIpc) is 3.72. The molecule has 13 nitrogen and oxygen atoms in total. The Balaban J connectivity index is 1.20. The van der Waals surface area contributed by atoms with Gasteiger partial charge in [-0.2, -0.15) is 4.98 Å². The second kappa shape index (κ2) is 13.6. The van der Waals surface area contributed by atoms with Crippen LogP contribution in [-0.4, -0.2) is 78.2 Å². The summed E-state index contributed by atoms with van der Waals surface area (Å²) in [4.78, 5) is 48.2. The van der Waals surface area contributed by atoms with Gasteiger partial charge in [-0.3, -0.25) is 9.20 Å². The zero-order valence-corrected chi connectivity index (χ0v) is 31.8. The molecule has 6 rings (SSSR count). The number of nitrogens with zero attached hydrogens (tertiary/aromatic N) is 8. The molecule has 1 N–H and O–H groups in total. The summed E-state index contributed by atoms with van der Waals surface area (Å²) >= 11 is 2.27. The van der Waals surface area contributed by atoms with Crippen LogP contribution >= 0.6 is 22.6 Å². The van der Waals surface area contributed by atoms with Crippen molar-refractivity contribution < 1.29 is 18.8 Å². The summed E-state index contributed by atoms with van der Waals surface area (Å²) in [5.41, 5.74) is 4.39. The van der Waals surface area contributed by atoms with Crippen molar-refractivity contribution in [1.82, 2.24) is 39.7 Å². The first-order chi connectivity index (χ1) is 23.6. The van der Waals surface area contributed by atoms with E-state index in [4.69, 9.17) is 19.2 Å². The summed E-state index contributed by atoms with van der Waals surface area (Å²) in [7, 11) is 0. The summed E-state index contributed by atoms with van der Waals surface area (Å²) in [6, 6.07) is 11.8. The molecule has 4 aromatic heterocycles. The first kappa shape index (κ1) is 35.2. The summed E-state index contributed by atoms with van der Waals surface area (Å²) in [6.07, 6.45) is 3.37. The molecule has 0 unspecified atom stereocenters. The van der Waals surface area contributed by atoms with Crippen LogP contribution in [0.4, 0.5) is 10.6 Å². The molecule has 1 aliphatic rings. The number of nitrogens with one attached hydrogen (secondary N) is 1. The Hall–Kier alpha value is -4.60. The van der Waals surface area contributed by atoms with Crippen LogP contribution in [0.25, 0.3) is 28.3 Å². The van der Waals surface area contributed by atoms with Crippen LogP contribution in [0, 0.1) is 10.6 Å². The van der Waals surface area contributed by atoms with E-state index in [0.29, 0.717) is 32.0 Å². The molecule has 0 radical (unpaired) electrons. The Morgan fingerprint density at radius 3 is 2.28 bits per heavy atom. The van der Waals surface area contributed by atoms with Crippen LogP contribution in [-0.2, 0) is 10.2 Å². The van der Waals surface area contributed by atoms with Crippen LogP contribution in [0.2, 0.25) is 0 Å². The normalized spacial score (nSPS) is 14.6. The van der Waals surface area contributed by atoms with Gasteiger partial charge in [0, 0.05) is 55.0 Å². The molecule has 0 saturated carbocycles. The van der Waals surface area contributed by atoms with E-state index >= 15 is 0 Å². The summed E-state index contributed by atoms with van der Waals surface area (Å²) in [5, 5.41) is 6.95. The first-order valence-corrected chi connectivity index (χ1v) is 17.6. The van der Waals surface area contributed by atoms with Crippen molar-refractivity contribution >= 4 is 46.1 Å². The molecular formula is C36H42IN9O4. The second-order valence-electron chi connectivity index (χ2n) is 14.5. The fraction of sp³-hybridized carbons (Fsp3) is 0.417. The van der Waals surface area contributed by atoms with E-state index in [1.807, 2.05) is 103 Å². The largest absolute Gasteiger partial charge is 0.444 e. The number of aromatic nitrogens is 6. The molecule has 1 aliphatic heterocycles. The molecule has 0 bridgehead atoms. The minimum absolute atomic E-state index is 0.0579. The molecule has 1 saturated heterocycles. The minimum Gasteiger partial charge on any atom is -0.444 e. The van der Waals surface area contributed by atoms with Gasteiger partial charge in [0.25, 0.3) is 0 Å². The van der Waals surface area contributed by atoms with E-state index < -0.39 is 11.5 Å². The van der Waals surface area contributed by atoms with Crippen molar-refractivity contribution in [3.63, 3.8) is 0 Å². The Morgan fingerprint density at radius 1 is 0.940 bits per heavy atom. The van der Waals surface area contributed by atoms with Gasteiger partial charge >= 0.3 is 17.9 Å². The number of benzene rings is 1. The topological polar surface area (TPSA) is 144 Å². The zero-order chi connectivity index (χ0) is 36.0. The van der Waals surface area contributed by atoms with Gasteiger partial charge < -0.3 is 24.4 Å². The number of carbonyl (C=O) groups is 2. The number of hydrogen-bond donors (Lipinski definition) is 1. The monoisotopic (exact) mass is 791 g/mol. The number of aryl methyl sites for hydroxylation is 1. The maximum Gasteiger partial charge on any atom is 0.410 e. The molecule has 5 aromatic rings. The lowest BCUT2D eigenvalue weighted by Gasteiger charge is -2.36. The number of imidazole rings is 1. The lowest BCUT2D eigenvalue weighted by Crippen LogP contribution is -2.50. The molecule has 0 spiro atoms. The van der Waals surface area contributed by atoms with Gasteiger partial charge in [0.05, 0.1) is 17.9 Å². The number of amides is 2. The van der Waals surface area contributed by atoms with E-state index in [1.165, 1.54) is 0 Å². The summed E-state index contributed by atoms with van der Waals surface area (Å²) in [6.45, 7) is 17.9. The van der Waals surface area contributed by atoms with Gasteiger partial charge in [0.2, 0.25) is 0 Å². The molecule has 5 heterocycles. The standard InChI is InChI=1S/C36H42IN9O4/c1-21-17-23(9-11-25(21)22(2)40-31(47)32-42-33(43-50-32)35(3,4)5)30-41-26(18-29-39-20-27(37)46(29)30)24-10-12-28(38-19-24)44-13-15-45(16-14-44)34(48)49-36(6,7)8/h9-12,17-20,22H,13-16H2,1-8H3,(H,40,47)/t22-/m1/s1.